The maximum absolute atomic E-state index is 13.1. The van der Waals surface area contributed by atoms with Crippen LogP contribution in [0.5, 0.6) is 0 Å². The Hall–Kier alpha value is -3.17. The summed E-state index contributed by atoms with van der Waals surface area (Å²) >= 11 is 0. The molecule has 0 amide bonds. The van der Waals surface area contributed by atoms with Crippen molar-refractivity contribution in [3.63, 3.8) is 0 Å². The highest BCUT2D eigenvalue weighted by atomic mass is 19.4. The average molecular weight is 435 g/mol. The molecule has 10 heteroatoms. The lowest BCUT2D eigenvalue weighted by atomic mass is 9.94. The van der Waals surface area contributed by atoms with Gasteiger partial charge in [0, 0.05) is 18.2 Å². The number of aryl methyl sites for hydroxylation is 2. The highest BCUT2D eigenvalue weighted by Gasteiger charge is 2.34. The molecular formula is C21H24F3N5O2. The fourth-order valence-electron chi connectivity index (χ4n) is 3.32. The molecule has 0 bridgehead atoms. The van der Waals surface area contributed by atoms with E-state index in [1.165, 1.54) is 11.7 Å². The number of tetrazole rings is 1. The van der Waals surface area contributed by atoms with E-state index in [9.17, 15) is 18.0 Å². The quantitative estimate of drug-likeness (QED) is 0.484. The van der Waals surface area contributed by atoms with E-state index in [2.05, 4.69) is 15.6 Å². The molecular weight excluding hydrogens is 411 g/mol. The first-order valence-electron chi connectivity index (χ1n) is 9.97. The molecule has 1 aromatic heterocycles. The molecule has 0 spiro atoms. The summed E-state index contributed by atoms with van der Waals surface area (Å²) in [7, 11) is 1.50. The number of aromatic nitrogens is 4. The Kier molecular flexibility index (Phi) is 6.77. The zero-order valence-corrected chi connectivity index (χ0v) is 17.6. The SMILES string of the molecule is CCC/C(=N\OCc1c(C)cccc1-n1nnn(C)c1=O)C1=CCCC(C(F)(F)F)=C1. The molecule has 166 valence electrons. The summed E-state index contributed by atoms with van der Waals surface area (Å²) in [6.45, 7) is 3.82. The number of hydrogen-bond acceptors (Lipinski definition) is 5. The Balaban J connectivity index is 1.86. The molecule has 0 unspecified atom stereocenters. The van der Waals surface area contributed by atoms with Crippen molar-refractivity contribution in [1.82, 2.24) is 19.8 Å². The molecule has 1 aliphatic carbocycles. The largest absolute Gasteiger partial charge is 0.412 e. The van der Waals surface area contributed by atoms with Crippen LogP contribution >= 0.6 is 0 Å². The summed E-state index contributed by atoms with van der Waals surface area (Å²) in [5.41, 5.74) is 2.01. The predicted octanol–water partition coefficient (Wildman–Crippen LogP) is 4.16. The van der Waals surface area contributed by atoms with Gasteiger partial charge in [-0.2, -0.15) is 22.5 Å². The Bertz CT molecular complexity index is 1090. The summed E-state index contributed by atoms with van der Waals surface area (Å²) < 4.78 is 41.6. The molecule has 31 heavy (non-hydrogen) atoms. The molecule has 1 aromatic carbocycles. The van der Waals surface area contributed by atoms with Crippen LogP contribution in [0.2, 0.25) is 0 Å². The van der Waals surface area contributed by atoms with E-state index in [-0.39, 0.29) is 13.0 Å². The Labute approximate surface area is 177 Å². The van der Waals surface area contributed by atoms with Gasteiger partial charge in [-0.25, -0.2) is 4.79 Å². The van der Waals surface area contributed by atoms with Crippen LogP contribution in [-0.2, 0) is 18.5 Å². The number of allylic oxidation sites excluding steroid dienone is 4. The Morgan fingerprint density at radius 1 is 1.29 bits per heavy atom. The monoisotopic (exact) mass is 435 g/mol. The van der Waals surface area contributed by atoms with E-state index >= 15 is 0 Å². The van der Waals surface area contributed by atoms with Crippen LogP contribution in [0, 0.1) is 6.92 Å². The van der Waals surface area contributed by atoms with Crippen LogP contribution in [0.15, 0.2) is 51.4 Å². The summed E-state index contributed by atoms with van der Waals surface area (Å²) in [5, 5.41) is 11.8. The zero-order chi connectivity index (χ0) is 22.6. The summed E-state index contributed by atoms with van der Waals surface area (Å²) in [6, 6.07) is 5.38. The molecule has 3 rings (SSSR count). The van der Waals surface area contributed by atoms with Gasteiger partial charge in [-0.1, -0.05) is 36.7 Å². The first-order valence-corrected chi connectivity index (χ1v) is 9.97. The van der Waals surface area contributed by atoms with Gasteiger partial charge in [-0.05, 0) is 59.9 Å². The number of halogens is 3. The second kappa shape index (κ2) is 9.32. The second-order valence-electron chi connectivity index (χ2n) is 7.30. The van der Waals surface area contributed by atoms with E-state index in [0.717, 1.165) is 16.3 Å². The molecule has 0 saturated heterocycles. The fourth-order valence-corrected chi connectivity index (χ4v) is 3.32. The van der Waals surface area contributed by atoms with Crippen LogP contribution in [0.3, 0.4) is 0 Å². The topological polar surface area (TPSA) is 74.3 Å². The lowest BCUT2D eigenvalue weighted by Gasteiger charge is -2.17. The van der Waals surface area contributed by atoms with Gasteiger partial charge < -0.3 is 4.84 Å². The molecule has 1 aliphatic rings. The van der Waals surface area contributed by atoms with Crippen molar-refractivity contribution >= 4 is 5.71 Å². The molecule has 2 aromatic rings. The number of benzene rings is 1. The van der Waals surface area contributed by atoms with E-state index in [4.69, 9.17) is 4.84 Å². The van der Waals surface area contributed by atoms with Crippen molar-refractivity contribution in [2.75, 3.05) is 0 Å². The van der Waals surface area contributed by atoms with Crippen LogP contribution in [-0.4, -0.2) is 31.7 Å². The third kappa shape index (κ3) is 5.12. The Morgan fingerprint density at radius 3 is 2.71 bits per heavy atom. The van der Waals surface area contributed by atoms with Gasteiger partial charge in [0.05, 0.1) is 11.4 Å². The third-order valence-electron chi connectivity index (χ3n) is 5.01. The smallest absolute Gasteiger partial charge is 0.391 e. The lowest BCUT2D eigenvalue weighted by Crippen LogP contribution is -2.23. The lowest BCUT2D eigenvalue weighted by molar-refractivity contribution is -0.0940. The number of oxime groups is 1. The van der Waals surface area contributed by atoms with Crippen molar-refractivity contribution < 1.29 is 18.0 Å². The average Bonchev–Trinajstić information content (AvgIpc) is 3.06. The molecule has 0 atom stereocenters. The van der Waals surface area contributed by atoms with Crippen LogP contribution in [0.25, 0.3) is 5.69 Å². The molecule has 0 aliphatic heterocycles. The molecule has 1 heterocycles. The number of rotatable bonds is 7. The summed E-state index contributed by atoms with van der Waals surface area (Å²) in [6.07, 6.45) is 0.0213. The predicted molar refractivity (Wildman–Crippen MR) is 110 cm³/mol. The highest BCUT2D eigenvalue weighted by molar-refractivity contribution is 6.02. The first-order chi connectivity index (χ1) is 14.7. The minimum Gasteiger partial charge on any atom is -0.391 e. The van der Waals surface area contributed by atoms with Gasteiger partial charge >= 0.3 is 11.9 Å². The molecule has 0 fully saturated rings. The van der Waals surface area contributed by atoms with Gasteiger partial charge in [0.1, 0.15) is 6.61 Å². The second-order valence-corrected chi connectivity index (χ2v) is 7.30. The van der Waals surface area contributed by atoms with Gasteiger partial charge in [0.25, 0.3) is 0 Å². The third-order valence-corrected chi connectivity index (χ3v) is 5.01. The number of alkyl halides is 3. The van der Waals surface area contributed by atoms with Gasteiger partial charge in [-0.3, -0.25) is 0 Å². The normalized spacial score (nSPS) is 15.0. The van der Waals surface area contributed by atoms with Crippen molar-refractivity contribution in [3.8, 4) is 5.69 Å². The number of hydrogen-bond donors (Lipinski definition) is 0. The van der Waals surface area contributed by atoms with Gasteiger partial charge in [-0.15, -0.1) is 0 Å². The minimum absolute atomic E-state index is 0.0291. The summed E-state index contributed by atoms with van der Waals surface area (Å²) in [4.78, 5) is 17.8. The first kappa shape index (κ1) is 22.5. The maximum atomic E-state index is 13.1. The van der Waals surface area contributed by atoms with E-state index in [1.54, 1.807) is 18.2 Å². The maximum Gasteiger partial charge on any atom is 0.412 e. The summed E-state index contributed by atoms with van der Waals surface area (Å²) in [5.74, 6) is 0. The Morgan fingerprint density at radius 2 is 2.06 bits per heavy atom. The fraction of sp³-hybridized carbons (Fsp3) is 0.429. The standard InChI is InChI=1S/C21H24F3N5O2/c1-4-7-18(15-9-6-10-16(12-15)21(22,23)24)25-31-13-17-14(2)8-5-11-19(17)29-20(30)28(3)26-27-29/h5,8-9,11-12H,4,6-7,10,13H2,1-3H3/b25-18+. The molecule has 7 nitrogen and oxygen atoms in total. The van der Waals surface area contributed by atoms with Crippen molar-refractivity contribution in [2.45, 2.75) is 52.3 Å². The van der Waals surface area contributed by atoms with Crippen molar-refractivity contribution in [3.05, 3.63) is 63.1 Å². The van der Waals surface area contributed by atoms with E-state index in [0.29, 0.717) is 41.8 Å². The van der Waals surface area contributed by atoms with E-state index in [1.807, 2.05) is 19.9 Å². The highest BCUT2D eigenvalue weighted by Crippen LogP contribution is 2.33. The van der Waals surface area contributed by atoms with E-state index < -0.39 is 17.4 Å². The van der Waals surface area contributed by atoms with Crippen LogP contribution in [0.4, 0.5) is 13.2 Å². The minimum atomic E-state index is -4.35. The van der Waals surface area contributed by atoms with Crippen LogP contribution < -0.4 is 5.69 Å². The molecule has 0 radical (unpaired) electrons. The number of nitrogens with zero attached hydrogens (tertiary/aromatic N) is 5. The van der Waals surface area contributed by atoms with Gasteiger partial charge in [0.2, 0.25) is 0 Å². The molecule has 0 N–H and O–H groups in total. The van der Waals surface area contributed by atoms with Crippen molar-refractivity contribution in [2.24, 2.45) is 12.2 Å². The van der Waals surface area contributed by atoms with Crippen molar-refractivity contribution in [1.29, 1.82) is 0 Å². The zero-order valence-electron chi connectivity index (χ0n) is 17.6. The van der Waals surface area contributed by atoms with Gasteiger partial charge in [0.15, 0.2) is 0 Å². The molecule has 0 saturated carbocycles. The van der Waals surface area contributed by atoms with Crippen LogP contribution in [0.1, 0.15) is 43.7 Å².